The summed E-state index contributed by atoms with van der Waals surface area (Å²) in [5, 5.41) is 5.67. The summed E-state index contributed by atoms with van der Waals surface area (Å²) in [6.07, 6.45) is 2.96. The third kappa shape index (κ3) is 6.25. The Labute approximate surface area is 157 Å². The summed E-state index contributed by atoms with van der Waals surface area (Å²) in [6, 6.07) is 11.8. The van der Waals surface area contributed by atoms with Crippen LogP contribution in [-0.2, 0) is 14.3 Å². The van der Waals surface area contributed by atoms with Crippen molar-refractivity contribution in [1.82, 2.24) is 5.32 Å². The fraction of sp³-hybridized carbons (Fsp3) is 0.368. The van der Waals surface area contributed by atoms with E-state index in [0.29, 0.717) is 23.7 Å². The van der Waals surface area contributed by atoms with Crippen molar-refractivity contribution in [2.75, 3.05) is 19.4 Å². The van der Waals surface area contributed by atoms with Crippen molar-refractivity contribution < 1.29 is 14.3 Å². The standard InChI is InChI=1S/C19H22ClNO3S/c1-24-18(23)11-3-2-4-12-21-17(22)13-25-16-10-6-8-14-7-5-9-15(20)19(14)16/h5-10H,2-4,11-13H2,1H3,(H,21,22). The summed E-state index contributed by atoms with van der Waals surface area (Å²) in [6.45, 7) is 0.622. The molecule has 0 heterocycles. The van der Waals surface area contributed by atoms with Crippen molar-refractivity contribution in [2.24, 2.45) is 0 Å². The lowest BCUT2D eigenvalue weighted by Gasteiger charge is -2.08. The molecule has 0 bridgehead atoms. The molecule has 0 aliphatic rings. The molecule has 1 N–H and O–H groups in total. The van der Waals surface area contributed by atoms with Crippen LogP contribution in [-0.4, -0.2) is 31.3 Å². The molecule has 2 rings (SSSR count). The second-order valence-corrected chi connectivity index (χ2v) is 7.04. The number of hydrogen-bond donors (Lipinski definition) is 1. The molecule has 0 aliphatic heterocycles. The van der Waals surface area contributed by atoms with Crippen molar-refractivity contribution in [3.63, 3.8) is 0 Å². The third-order valence-corrected chi connectivity index (χ3v) is 5.15. The summed E-state index contributed by atoms with van der Waals surface area (Å²) < 4.78 is 4.59. The number of carbonyl (C=O) groups excluding carboxylic acids is 2. The number of nitrogens with one attached hydrogen (secondary N) is 1. The Morgan fingerprint density at radius 2 is 1.88 bits per heavy atom. The van der Waals surface area contributed by atoms with Gasteiger partial charge in [-0.05, 0) is 30.4 Å². The maximum absolute atomic E-state index is 12.0. The predicted octanol–water partition coefficient (Wildman–Crippen LogP) is 4.43. The molecule has 4 nitrogen and oxygen atoms in total. The Hall–Kier alpha value is -1.72. The van der Waals surface area contributed by atoms with Crippen molar-refractivity contribution >= 4 is 46.0 Å². The van der Waals surface area contributed by atoms with E-state index in [-0.39, 0.29) is 11.9 Å². The van der Waals surface area contributed by atoms with E-state index in [1.165, 1.54) is 18.9 Å². The van der Waals surface area contributed by atoms with E-state index in [4.69, 9.17) is 11.6 Å². The van der Waals surface area contributed by atoms with Gasteiger partial charge in [0.1, 0.15) is 0 Å². The number of carbonyl (C=O) groups is 2. The number of methoxy groups -OCH3 is 1. The first-order chi connectivity index (χ1) is 12.1. The molecule has 0 radical (unpaired) electrons. The van der Waals surface area contributed by atoms with E-state index < -0.39 is 0 Å². The molecule has 0 atom stereocenters. The van der Waals surface area contributed by atoms with E-state index in [9.17, 15) is 9.59 Å². The summed E-state index contributed by atoms with van der Waals surface area (Å²) in [5.74, 6) is 0.170. The number of fused-ring (bicyclic) bond motifs is 1. The SMILES string of the molecule is COC(=O)CCCCCNC(=O)CSc1cccc2cccc(Cl)c12. The lowest BCUT2D eigenvalue weighted by Crippen LogP contribution is -2.26. The average molecular weight is 380 g/mol. The molecular formula is C19H22ClNO3S. The molecule has 0 saturated heterocycles. The number of rotatable bonds is 9. The number of hydrogen-bond acceptors (Lipinski definition) is 4. The molecule has 0 fully saturated rings. The number of ether oxygens (including phenoxy) is 1. The zero-order valence-electron chi connectivity index (χ0n) is 14.2. The van der Waals surface area contributed by atoms with E-state index >= 15 is 0 Å². The lowest BCUT2D eigenvalue weighted by atomic mass is 10.1. The first-order valence-electron chi connectivity index (χ1n) is 8.25. The number of benzene rings is 2. The van der Waals surface area contributed by atoms with Crippen molar-refractivity contribution in [3.05, 3.63) is 41.4 Å². The van der Waals surface area contributed by atoms with Crippen molar-refractivity contribution in [3.8, 4) is 0 Å². The predicted molar refractivity (Wildman–Crippen MR) is 103 cm³/mol. The molecular weight excluding hydrogens is 358 g/mol. The van der Waals surface area contributed by atoms with Crippen LogP contribution in [0.3, 0.4) is 0 Å². The molecule has 25 heavy (non-hydrogen) atoms. The van der Waals surface area contributed by atoms with Gasteiger partial charge < -0.3 is 10.1 Å². The Morgan fingerprint density at radius 3 is 2.64 bits per heavy atom. The van der Waals surface area contributed by atoms with Crippen LogP contribution in [0.5, 0.6) is 0 Å². The Kier molecular flexibility index (Phi) is 8.09. The molecule has 0 unspecified atom stereocenters. The van der Waals surface area contributed by atoms with Crippen LogP contribution >= 0.6 is 23.4 Å². The van der Waals surface area contributed by atoms with Gasteiger partial charge in [-0.3, -0.25) is 9.59 Å². The molecule has 2 aromatic rings. The molecule has 0 aromatic heterocycles. The summed E-state index contributed by atoms with van der Waals surface area (Å²) in [7, 11) is 1.39. The zero-order valence-corrected chi connectivity index (χ0v) is 15.8. The lowest BCUT2D eigenvalue weighted by molar-refractivity contribution is -0.140. The largest absolute Gasteiger partial charge is 0.469 e. The highest BCUT2D eigenvalue weighted by atomic mass is 35.5. The van der Waals surface area contributed by atoms with Crippen LogP contribution in [0.1, 0.15) is 25.7 Å². The van der Waals surface area contributed by atoms with Gasteiger partial charge in [0.2, 0.25) is 5.91 Å². The number of halogens is 1. The van der Waals surface area contributed by atoms with Gasteiger partial charge in [0, 0.05) is 28.3 Å². The smallest absolute Gasteiger partial charge is 0.305 e. The Morgan fingerprint density at radius 1 is 1.12 bits per heavy atom. The van der Waals surface area contributed by atoms with Crippen LogP contribution in [0.4, 0.5) is 0 Å². The highest BCUT2D eigenvalue weighted by Crippen LogP contribution is 2.32. The third-order valence-electron chi connectivity index (χ3n) is 3.78. The average Bonchev–Trinajstić information content (AvgIpc) is 2.62. The van der Waals surface area contributed by atoms with Gasteiger partial charge in [0.25, 0.3) is 0 Å². The maximum atomic E-state index is 12.0. The van der Waals surface area contributed by atoms with Gasteiger partial charge in [-0.25, -0.2) is 0 Å². The van der Waals surface area contributed by atoms with E-state index in [1.54, 1.807) is 0 Å². The summed E-state index contributed by atoms with van der Waals surface area (Å²) in [5.41, 5.74) is 0. The second-order valence-electron chi connectivity index (χ2n) is 5.62. The van der Waals surface area contributed by atoms with Crippen molar-refractivity contribution in [1.29, 1.82) is 0 Å². The van der Waals surface area contributed by atoms with Crippen molar-refractivity contribution in [2.45, 2.75) is 30.6 Å². The minimum Gasteiger partial charge on any atom is -0.469 e. The topological polar surface area (TPSA) is 55.4 Å². The fourth-order valence-electron chi connectivity index (χ4n) is 2.48. The minimum absolute atomic E-state index is 0.00187. The number of thioether (sulfide) groups is 1. The first kappa shape index (κ1) is 19.6. The molecule has 6 heteroatoms. The molecule has 0 saturated carbocycles. The highest BCUT2D eigenvalue weighted by Gasteiger charge is 2.08. The van der Waals surface area contributed by atoms with Gasteiger partial charge in [-0.1, -0.05) is 42.3 Å². The van der Waals surface area contributed by atoms with Crippen LogP contribution < -0.4 is 5.32 Å². The first-order valence-corrected chi connectivity index (χ1v) is 9.61. The number of unbranched alkanes of at least 4 members (excludes halogenated alkanes) is 2. The quantitative estimate of drug-likeness (QED) is 0.397. The van der Waals surface area contributed by atoms with Gasteiger partial charge in [0.15, 0.2) is 0 Å². The zero-order chi connectivity index (χ0) is 18.1. The van der Waals surface area contributed by atoms with Crippen LogP contribution in [0.25, 0.3) is 10.8 Å². The second kappa shape index (κ2) is 10.3. The normalized spacial score (nSPS) is 10.6. The number of esters is 1. The summed E-state index contributed by atoms with van der Waals surface area (Å²) in [4.78, 5) is 24.0. The molecule has 0 spiro atoms. The van der Waals surface area contributed by atoms with E-state index in [2.05, 4.69) is 10.1 Å². The van der Waals surface area contributed by atoms with Gasteiger partial charge in [-0.2, -0.15) is 0 Å². The Bertz CT molecular complexity index is 730. The fourth-order valence-corrected chi connectivity index (χ4v) is 3.75. The molecule has 0 aliphatic carbocycles. The molecule has 2 aromatic carbocycles. The van der Waals surface area contributed by atoms with E-state index in [0.717, 1.165) is 34.9 Å². The van der Waals surface area contributed by atoms with Crippen LogP contribution in [0, 0.1) is 0 Å². The molecule has 1 amide bonds. The van der Waals surface area contributed by atoms with E-state index in [1.807, 2.05) is 36.4 Å². The summed E-state index contributed by atoms with van der Waals surface area (Å²) >= 11 is 7.79. The Balaban J connectivity index is 1.73. The minimum atomic E-state index is -0.186. The van der Waals surface area contributed by atoms with Gasteiger partial charge in [0.05, 0.1) is 12.9 Å². The monoisotopic (exact) mass is 379 g/mol. The van der Waals surface area contributed by atoms with Gasteiger partial charge in [-0.15, -0.1) is 11.8 Å². The van der Waals surface area contributed by atoms with Crippen LogP contribution in [0.15, 0.2) is 41.3 Å². The van der Waals surface area contributed by atoms with Crippen LogP contribution in [0.2, 0.25) is 5.02 Å². The van der Waals surface area contributed by atoms with Gasteiger partial charge >= 0.3 is 5.97 Å². The number of amides is 1. The molecule has 134 valence electrons. The highest BCUT2D eigenvalue weighted by molar-refractivity contribution is 8.00. The maximum Gasteiger partial charge on any atom is 0.305 e.